The summed E-state index contributed by atoms with van der Waals surface area (Å²) in [4.78, 5) is 11.9. The maximum Gasteiger partial charge on any atom is 0.251 e. The Morgan fingerprint density at radius 2 is 2.31 bits per heavy atom. The summed E-state index contributed by atoms with van der Waals surface area (Å²) < 4.78 is 0. The predicted molar refractivity (Wildman–Crippen MR) is 68.0 cm³/mol. The molecule has 1 amide bonds. The predicted octanol–water partition coefficient (Wildman–Crippen LogP) is 1.97. The molecule has 0 aromatic carbocycles. The molecule has 2 fully saturated rings. The van der Waals surface area contributed by atoms with E-state index >= 15 is 0 Å². The highest BCUT2D eigenvalue weighted by Gasteiger charge is 2.47. The van der Waals surface area contributed by atoms with Crippen molar-refractivity contribution in [1.82, 2.24) is 10.6 Å². The van der Waals surface area contributed by atoms with Gasteiger partial charge in [0.1, 0.15) is 5.54 Å². The van der Waals surface area contributed by atoms with Crippen LogP contribution in [0.5, 0.6) is 0 Å². The first-order valence-electron chi connectivity index (χ1n) is 6.15. The summed E-state index contributed by atoms with van der Waals surface area (Å²) in [6.45, 7) is 4.49. The Morgan fingerprint density at radius 1 is 1.56 bits per heavy atom. The zero-order chi connectivity index (χ0) is 11.8. The Labute approximate surface area is 102 Å². The van der Waals surface area contributed by atoms with Crippen LogP contribution >= 0.6 is 12.2 Å². The molecule has 2 rings (SSSR count). The van der Waals surface area contributed by atoms with Crippen LogP contribution in [0, 0.1) is 11.8 Å². The van der Waals surface area contributed by atoms with Gasteiger partial charge in [-0.2, -0.15) is 0 Å². The van der Waals surface area contributed by atoms with Crippen LogP contribution in [0.2, 0.25) is 0 Å². The van der Waals surface area contributed by atoms with Gasteiger partial charge in [-0.3, -0.25) is 4.79 Å². The Kier molecular flexibility index (Phi) is 3.19. The minimum atomic E-state index is -0.380. The maximum absolute atomic E-state index is 11.9. The number of hydrogen-bond acceptors (Lipinski definition) is 2. The van der Waals surface area contributed by atoms with Gasteiger partial charge in [-0.15, -0.1) is 0 Å². The first-order valence-corrected chi connectivity index (χ1v) is 6.56. The molecule has 1 aliphatic carbocycles. The smallest absolute Gasteiger partial charge is 0.251 e. The topological polar surface area (TPSA) is 41.1 Å². The normalized spacial score (nSPS) is 34.3. The number of rotatable bonds is 2. The second-order valence-electron chi connectivity index (χ2n) is 5.58. The van der Waals surface area contributed by atoms with Crippen molar-refractivity contribution < 1.29 is 4.79 Å². The molecule has 0 aromatic heterocycles. The lowest BCUT2D eigenvalue weighted by atomic mass is 9.73. The molecule has 2 aliphatic rings. The Hall–Kier alpha value is -0.640. The van der Waals surface area contributed by atoms with Crippen molar-refractivity contribution >= 4 is 23.2 Å². The van der Waals surface area contributed by atoms with Gasteiger partial charge in [0.25, 0.3) is 5.91 Å². The average molecular weight is 240 g/mol. The monoisotopic (exact) mass is 240 g/mol. The standard InChI is InChI=1S/C12H20N2OS/c1-8(2)6-9-4-3-5-12(7-9)10(15)13-11(16)14-12/h8-9H,3-7H2,1-2H3,(H2,13,14,15,16). The van der Waals surface area contributed by atoms with Gasteiger partial charge >= 0.3 is 0 Å². The lowest BCUT2D eigenvalue weighted by Crippen LogP contribution is -2.50. The van der Waals surface area contributed by atoms with E-state index in [9.17, 15) is 4.79 Å². The summed E-state index contributed by atoms with van der Waals surface area (Å²) in [5.74, 6) is 1.45. The van der Waals surface area contributed by atoms with Crippen LogP contribution in [-0.2, 0) is 4.79 Å². The van der Waals surface area contributed by atoms with Crippen molar-refractivity contribution in [2.45, 2.75) is 51.5 Å². The minimum Gasteiger partial charge on any atom is -0.348 e. The number of thiocarbonyl (C=S) groups is 1. The van der Waals surface area contributed by atoms with Crippen molar-refractivity contribution in [3.8, 4) is 0 Å². The molecule has 2 N–H and O–H groups in total. The molecule has 1 saturated carbocycles. The number of carbonyl (C=O) groups excluding carboxylic acids is 1. The van der Waals surface area contributed by atoms with E-state index in [1.807, 2.05) is 0 Å². The SMILES string of the molecule is CC(C)CC1CCCC2(C1)NC(=S)NC2=O. The van der Waals surface area contributed by atoms with Crippen LogP contribution in [0.4, 0.5) is 0 Å². The molecule has 16 heavy (non-hydrogen) atoms. The Balaban J connectivity index is 2.06. The molecule has 90 valence electrons. The molecule has 0 radical (unpaired) electrons. The third kappa shape index (κ3) is 2.21. The van der Waals surface area contributed by atoms with Crippen LogP contribution in [0.25, 0.3) is 0 Å². The lowest BCUT2D eigenvalue weighted by molar-refractivity contribution is -0.125. The zero-order valence-electron chi connectivity index (χ0n) is 10.0. The third-order valence-corrected chi connectivity index (χ3v) is 3.88. The summed E-state index contributed by atoms with van der Waals surface area (Å²) in [7, 11) is 0. The maximum atomic E-state index is 11.9. The van der Waals surface area contributed by atoms with Crippen LogP contribution < -0.4 is 10.6 Å². The highest BCUT2D eigenvalue weighted by atomic mass is 32.1. The van der Waals surface area contributed by atoms with E-state index < -0.39 is 0 Å². The van der Waals surface area contributed by atoms with Crippen molar-refractivity contribution in [2.24, 2.45) is 11.8 Å². The van der Waals surface area contributed by atoms with Gasteiger partial charge in [0.15, 0.2) is 5.11 Å². The summed E-state index contributed by atoms with van der Waals surface area (Å²) in [6.07, 6.45) is 5.45. The fourth-order valence-corrected chi connectivity index (χ4v) is 3.39. The summed E-state index contributed by atoms with van der Waals surface area (Å²) in [5, 5.41) is 6.44. The van der Waals surface area contributed by atoms with E-state index in [4.69, 9.17) is 12.2 Å². The highest BCUT2D eigenvalue weighted by molar-refractivity contribution is 7.80. The Bertz CT molecular complexity index is 316. The fourth-order valence-electron chi connectivity index (χ4n) is 3.11. The van der Waals surface area contributed by atoms with Crippen LogP contribution in [-0.4, -0.2) is 16.6 Å². The van der Waals surface area contributed by atoms with Gasteiger partial charge in [0.2, 0.25) is 0 Å². The summed E-state index contributed by atoms with van der Waals surface area (Å²) in [6, 6.07) is 0. The third-order valence-electron chi connectivity index (χ3n) is 3.67. The van der Waals surface area contributed by atoms with E-state index in [0.29, 0.717) is 16.9 Å². The van der Waals surface area contributed by atoms with Crippen molar-refractivity contribution in [2.75, 3.05) is 0 Å². The highest BCUT2D eigenvalue weighted by Crippen LogP contribution is 2.37. The number of hydrogen-bond donors (Lipinski definition) is 2. The van der Waals surface area contributed by atoms with E-state index in [1.54, 1.807) is 0 Å². The quantitative estimate of drug-likeness (QED) is 0.725. The Morgan fingerprint density at radius 3 is 2.88 bits per heavy atom. The molecule has 0 aromatic rings. The van der Waals surface area contributed by atoms with Crippen molar-refractivity contribution in [3.63, 3.8) is 0 Å². The first kappa shape index (κ1) is 11.8. The molecule has 1 aliphatic heterocycles. The van der Waals surface area contributed by atoms with Gasteiger partial charge in [-0.05, 0) is 43.3 Å². The van der Waals surface area contributed by atoms with Crippen molar-refractivity contribution in [3.05, 3.63) is 0 Å². The van der Waals surface area contributed by atoms with Crippen molar-refractivity contribution in [1.29, 1.82) is 0 Å². The van der Waals surface area contributed by atoms with Gasteiger partial charge in [-0.25, -0.2) is 0 Å². The summed E-state index contributed by atoms with van der Waals surface area (Å²) >= 11 is 5.03. The van der Waals surface area contributed by atoms with E-state index in [2.05, 4.69) is 24.5 Å². The molecule has 1 saturated heterocycles. The van der Waals surface area contributed by atoms with Gasteiger partial charge in [0.05, 0.1) is 0 Å². The minimum absolute atomic E-state index is 0.0888. The molecule has 2 atom stereocenters. The van der Waals surface area contributed by atoms with Gasteiger partial charge in [-0.1, -0.05) is 26.7 Å². The molecule has 3 nitrogen and oxygen atoms in total. The fraction of sp³-hybridized carbons (Fsp3) is 0.833. The van der Waals surface area contributed by atoms with Gasteiger partial charge in [0, 0.05) is 0 Å². The first-order chi connectivity index (χ1) is 7.52. The second-order valence-corrected chi connectivity index (χ2v) is 5.99. The summed E-state index contributed by atoms with van der Waals surface area (Å²) in [5.41, 5.74) is -0.380. The van der Waals surface area contributed by atoms with E-state index in [0.717, 1.165) is 19.3 Å². The molecule has 4 heteroatoms. The molecule has 1 heterocycles. The number of carbonyl (C=O) groups is 1. The number of nitrogens with one attached hydrogen (secondary N) is 2. The molecular formula is C12H20N2OS. The lowest BCUT2D eigenvalue weighted by Gasteiger charge is -2.36. The van der Waals surface area contributed by atoms with Crippen LogP contribution in [0.3, 0.4) is 0 Å². The molecule has 1 spiro atoms. The molecule has 2 unspecified atom stereocenters. The average Bonchev–Trinajstić information content (AvgIpc) is 2.40. The van der Waals surface area contributed by atoms with E-state index in [1.165, 1.54) is 12.8 Å². The van der Waals surface area contributed by atoms with Crippen LogP contribution in [0.15, 0.2) is 0 Å². The molecular weight excluding hydrogens is 220 g/mol. The molecule has 0 bridgehead atoms. The number of amides is 1. The zero-order valence-corrected chi connectivity index (χ0v) is 10.8. The van der Waals surface area contributed by atoms with Gasteiger partial charge < -0.3 is 10.6 Å². The van der Waals surface area contributed by atoms with E-state index in [-0.39, 0.29) is 11.4 Å². The largest absolute Gasteiger partial charge is 0.348 e. The van der Waals surface area contributed by atoms with Crippen LogP contribution in [0.1, 0.15) is 46.0 Å². The second kappa shape index (κ2) is 4.32.